The molecule has 0 rings (SSSR count). The van der Waals surface area contributed by atoms with Gasteiger partial charge in [-0.15, -0.1) is 15.5 Å². The van der Waals surface area contributed by atoms with E-state index >= 15 is 0 Å². The molecule has 138 valence electrons. The molecule has 0 aromatic heterocycles. The summed E-state index contributed by atoms with van der Waals surface area (Å²) >= 11 is 0. The molecule has 0 fully saturated rings. The quantitative estimate of drug-likeness (QED) is 0.258. The zero-order chi connectivity index (χ0) is 18.4. The molecule has 0 spiro atoms. The van der Waals surface area contributed by atoms with Crippen molar-refractivity contribution < 1.29 is 13.6 Å². The molecule has 0 heterocycles. The van der Waals surface area contributed by atoms with Gasteiger partial charge in [0.25, 0.3) is 0 Å². The van der Waals surface area contributed by atoms with Crippen molar-refractivity contribution in [3.63, 3.8) is 0 Å². The van der Waals surface area contributed by atoms with Crippen LogP contribution in [-0.4, -0.2) is 25.9 Å². The minimum absolute atomic E-state index is 0.801. The first-order valence-electron chi connectivity index (χ1n) is 8.89. The summed E-state index contributed by atoms with van der Waals surface area (Å²) < 4.78 is 17.0. The number of hydrogen-bond acceptors (Lipinski definition) is 6. The maximum Gasteiger partial charge on any atom is 0.791 e. The Labute approximate surface area is 148 Å². The SMILES string of the molecule is C=C[Si](ON=C(CC)CC)(ON=C(CC)CC)ON=C(CC)CC. The van der Waals surface area contributed by atoms with E-state index in [-0.39, 0.29) is 0 Å². The predicted molar refractivity (Wildman–Crippen MR) is 103 cm³/mol. The normalized spacial score (nSPS) is 10.4. The first kappa shape index (κ1) is 22.4. The van der Waals surface area contributed by atoms with Crippen LogP contribution in [0.3, 0.4) is 0 Å². The van der Waals surface area contributed by atoms with Crippen LogP contribution in [0.15, 0.2) is 27.7 Å². The van der Waals surface area contributed by atoms with E-state index in [0.29, 0.717) is 0 Å². The number of hydrogen-bond donors (Lipinski definition) is 0. The maximum absolute atomic E-state index is 5.65. The predicted octanol–water partition coefficient (Wildman–Crippen LogP) is 5.23. The molecule has 0 N–H and O–H groups in total. The van der Waals surface area contributed by atoms with Crippen LogP contribution in [0.5, 0.6) is 0 Å². The Morgan fingerprint density at radius 2 is 0.917 bits per heavy atom. The summed E-state index contributed by atoms with van der Waals surface area (Å²) in [4.78, 5) is 0. The lowest BCUT2D eigenvalue weighted by Gasteiger charge is -2.19. The van der Waals surface area contributed by atoms with Gasteiger partial charge in [0.15, 0.2) is 0 Å². The van der Waals surface area contributed by atoms with Crippen molar-refractivity contribution in [1.29, 1.82) is 0 Å². The topological polar surface area (TPSA) is 64.8 Å². The van der Waals surface area contributed by atoms with Crippen LogP contribution in [0.25, 0.3) is 0 Å². The molecule has 24 heavy (non-hydrogen) atoms. The monoisotopic (exact) mass is 355 g/mol. The average molecular weight is 356 g/mol. The fourth-order valence-corrected chi connectivity index (χ4v) is 2.78. The first-order valence-corrected chi connectivity index (χ1v) is 10.7. The van der Waals surface area contributed by atoms with Crippen molar-refractivity contribution >= 4 is 25.9 Å². The summed E-state index contributed by atoms with van der Waals surface area (Å²) in [5.41, 5.74) is 4.28. The highest BCUT2D eigenvalue weighted by atomic mass is 28.4. The molecule has 0 saturated carbocycles. The van der Waals surface area contributed by atoms with Gasteiger partial charge >= 0.3 is 8.80 Å². The lowest BCUT2D eigenvalue weighted by Crippen LogP contribution is -2.40. The van der Waals surface area contributed by atoms with E-state index < -0.39 is 8.80 Å². The van der Waals surface area contributed by atoms with Crippen LogP contribution in [0, 0.1) is 0 Å². The fraction of sp³-hybridized carbons (Fsp3) is 0.706. The Kier molecular flexibility index (Phi) is 11.9. The molecule has 0 atom stereocenters. The summed E-state index contributed by atoms with van der Waals surface area (Å²) in [6.45, 7) is 16.0. The van der Waals surface area contributed by atoms with Gasteiger partial charge in [0.05, 0.1) is 17.1 Å². The van der Waals surface area contributed by atoms with Gasteiger partial charge in [-0.3, -0.25) is 0 Å². The molecule has 0 saturated heterocycles. The summed E-state index contributed by atoms with van der Waals surface area (Å²) in [5, 5.41) is 12.5. The second-order valence-corrected chi connectivity index (χ2v) is 7.34. The highest BCUT2D eigenvalue weighted by molar-refractivity contribution is 6.66. The fourth-order valence-electron chi connectivity index (χ4n) is 1.68. The van der Waals surface area contributed by atoms with Crippen molar-refractivity contribution in [3.05, 3.63) is 12.3 Å². The molecule has 0 aliphatic carbocycles. The lowest BCUT2D eigenvalue weighted by molar-refractivity contribution is 0.0781. The van der Waals surface area contributed by atoms with E-state index in [1.807, 2.05) is 41.5 Å². The van der Waals surface area contributed by atoms with Crippen LogP contribution in [-0.2, 0) is 13.6 Å². The smallest absolute Gasteiger partial charge is 0.370 e. The van der Waals surface area contributed by atoms with Gasteiger partial charge in [0.1, 0.15) is 0 Å². The van der Waals surface area contributed by atoms with Gasteiger partial charge in [0, 0.05) is 5.70 Å². The third kappa shape index (κ3) is 7.76. The van der Waals surface area contributed by atoms with Crippen LogP contribution in [0.4, 0.5) is 0 Å². The summed E-state index contributed by atoms with van der Waals surface area (Å²) in [6.07, 6.45) is 4.80. The number of oxime groups is 3. The summed E-state index contributed by atoms with van der Waals surface area (Å²) in [7, 11) is -3.35. The van der Waals surface area contributed by atoms with Gasteiger partial charge in [-0.2, -0.15) is 0 Å². The van der Waals surface area contributed by atoms with Crippen molar-refractivity contribution in [2.75, 3.05) is 0 Å². The molecular weight excluding hydrogens is 322 g/mol. The van der Waals surface area contributed by atoms with Gasteiger partial charge in [0.2, 0.25) is 0 Å². The highest BCUT2D eigenvalue weighted by Crippen LogP contribution is 2.15. The maximum atomic E-state index is 5.65. The molecule has 0 aromatic carbocycles. The van der Waals surface area contributed by atoms with Crippen LogP contribution < -0.4 is 0 Å². The third-order valence-corrected chi connectivity index (χ3v) is 5.14. The molecule has 0 amide bonds. The largest absolute Gasteiger partial charge is 0.791 e. The van der Waals surface area contributed by atoms with Gasteiger partial charge in [-0.05, 0) is 38.5 Å². The molecule has 0 unspecified atom stereocenters. The number of nitrogens with zero attached hydrogens (tertiary/aromatic N) is 3. The zero-order valence-corrected chi connectivity index (χ0v) is 17.1. The standard InChI is InChI=1S/C17H33N3O3Si/c1-8-15(9-2)18-21-24(14-7,22-19-16(10-3)11-4)23-20-17(12-5)13-6/h14H,7-13H2,1-6H3. The van der Waals surface area contributed by atoms with E-state index in [1.54, 1.807) is 0 Å². The molecule has 0 aliphatic heterocycles. The van der Waals surface area contributed by atoms with E-state index in [4.69, 9.17) is 13.6 Å². The first-order chi connectivity index (χ1) is 11.5. The molecule has 6 nitrogen and oxygen atoms in total. The highest BCUT2D eigenvalue weighted by Gasteiger charge is 2.49. The Bertz CT molecular complexity index is 384. The zero-order valence-electron chi connectivity index (χ0n) is 16.1. The van der Waals surface area contributed by atoms with Crippen molar-refractivity contribution in [1.82, 2.24) is 0 Å². The second kappa shape index (κ2) is 12.7. The molecule has 0 radical (unpaired) electrons. The molecule has 0 aliphatic rings. The van der Waals surface area contributed by atoms with E-state index in [0.717, 1.165) is 55.7 Å². The Morgan fingerprint density at radius 1 is 0.667 bits per heavy atom. The van der Waals surface area contributed by atoms with E-state index in [9.17, 15) is 0 Å². The van der Waals surface area contributed by atoms with Crippen molar-refractivity contribution in [2.24, 2.45) is 15.5 Å². The minimum Gasteiger partial charge on any atom is -0.370 e. The van der Waals surface area contributed by atoms with E-state index in [2.05, 4.69) is 22.0 Å². The Hall–Kier alpha value is -1.63. The molecule has 0 aromatic rings. The van der Waals surface area contributed by atoms with Crippen LogP contribution in [0.1, 0.15) is 80.1 Å². The molecular formula is C17H33N3O3Si. The Morgan fingerprint density at radius 3 is 1.08 bits per heavy atom. The Balaban J connectivity index is 5.49. The van der Waals surface area contributed by atoms with Crippen LogP contribution in [0.2, 0.25) is 0 Å². The molecule has 0 bridgehead atoms. The second-order valence-electron chi connectivity index (χ2n) is 5.18. The third-order valence-electron chi connectivity index (χ3n) is 3.60. The van der Waals surface area contributed by atoms with Crippen molar-refractivity contribution in [3.8, 4) is 0 Å². The summed E-state index contributed by atoms with van der Waals surface area (Å²) in [6, 6.07) is 0. The van der Waals surface area contributed by atoms with Gasteiger partial charge in [-0.25, -0.2) is 0 Å². The summed E-state index contributed by atoms with van der Waals surface area (Å²) in [5.74, 6) is 0. The minimum atomic E-state index is -3.35. The van der Waals surface area contributed by atoms with Crippen molar-refractivity contribution in [2.45, 2.75) is 80.1 Å². The molecule has 7 heteroatoms. The number of rotatable bonds is 13. The average Bonchev–Trinajstić information content (AvgIpc) is 2.63. The van der Waals surface area contributed by atoms with Crippen LogP contribution >= 0.6 is 0 Å². The van der Waals surface area contributed by atoms with E-state index in [1.165, 1.54) is 5.70 Å². The lowest BCUT2D eigenvalue weighted by atomic mass is 10.2. The van der Waals surface area contributed by atoms with Gasteiger partial charge in [-0.1, -0.05) is 48.1 Å². The van der Waals surface area contributed by atoms with Gasteiger partial charge < -0.3 is 13.6 Å².